The van der Waals surface area contributed by atoms with Crippen molar-refractivity contribution < 1.29 is 14.3 Å². The predicted molar refractivity (Wildman–Crippen MR) is 115 cm³/mol. The molecule has 0 bridgehead atoms. The van der Waals surface area contributed by atoms with Gasteiger partial charge >= 0.3 is 11.7 Å². The predicted octanol–water partition coefficient (Wildman–Crippen LogP) is 2.55. The Morgan fingerprint density at radius 1 is 1.13 bits per heavy atom. The number of carbonyl (C=O) groups is 2. The molecule has 0 fully saturated rings. The minimum absolute atomic E-state index is 0.177. The molecule has 2 aromatic heterocycles. The van der Waals surface area contributed by atoms with Gasteiger partial charge in [0.25, 0.3) is 11.5 Å². The molecule has 156 valence electrons. The SMILES string of the molecule is CCOC(=O)c1c(NC(=O)c2cn(C)c(=O)n(C)c2=O)sc(C)c1-c1ccccc1. The number of benzene rings is 1. The summed E-state index contributed by atoms with van der Waals surface area (Å²) in [6.45, 7) is 3.72. The summed E-state index contributed by atoms with van der Waals surface area (Å²) in [4.78, 5) is 50.7. The summed E-state index contributed by atoms with van der Waals surface area (Å²) in [6.07, 6.45) is 1.18. The van der Waals surface area contributed by atoms with Crippen LogP contribution in [0.3, 0.4) is 0 Å². The molecule has 0 radical (unpaired) electrons. The van der Waals surface area contributed by atoms with E-state index in [2.05, 4.69) is 5.32 Å². The lowest BCUT2D eigenvalue weighted by Crippen LogP contribution is -2.40. The molecule has 1 N–H and O–H groups in total. The first-order valence-corrected chi connectivity index (χ1v) is 10.0. The zero-order chi connectivity index (χ0) is 22.0. The van der Waals surface area contributed by atoms with Crippen LogP contribution in [0.1, 0.15) is 32.5 Å². The second-order valence-electron chi connectivity index (χ2n) is 6.58. The molecule has 0 unspecified atom stereocenters. The van der Waals surface area contributed by atoms with Crippen LogP contribution < -0.4 is 16.6 Å². The van der Waals surface area contributed by atoms with Gasteiger partial charge in [-0.2, -0.15) is 0 Å². The standard InChI is InChI=1S/C21H21N3O5S/c1-5-29-20(27)16-15(13-9-7-6-8-10-13)12(2)30-18(16)22-17(25)14-11-23(3)21(28)24(4)19(14)26/h6-11H,5H2,1-4H3,(H,22,25). The van der Waals surface area contributed by atoms with Crippen molar-refractivity contribution >= 4 is 28.2 Å². The van der Waals surface area contributed by atoms with Crippen LogP contribution in [-0.4, -0.2) is 27.6 Å². The average Bonchev–Trinajstić information content (AvgIpc) is 3.05. The highest BCUT2D eigenvalue weighted by Gasteiger charge is 2.26. The fourth-order valence-corrected chi connectivity index (χ4v) is 4.18. The summed E-state index contributed by atoms with van der Waals surface area (Å²) in [6, 6.07) is 9.31. The Hall–Kier alpha value is -3.46. The lowest BCUT2D eigenvalue weighted by Gasteiger charge is -2.10. The van der Waals surface area contributed by atoms with Gasteiger partial charge in [-0.1, -0.05) is 30.3 Å². The number of aryl methyl sites for hydroxylation is 2. The Morgan fingerprint density at radius 2 is 1.80 bits per heavy atom. The number of hydrogen-bond acceptors (Lipinski definition) is 6. The van der Waals surface area contributed by atoms with E-state index < -0.39 is 23.1 Å². The highest BCUT2D eigenvalue weighted by Crippen LogP contribution is 2.40. The smallest absolute Gasteiger partial charge is 0.341 e. The van der Waals surface area contributed by atoms with Gasteiger partial charge in [0.1, 0.15) is 16.1 Å². The largest absolute Gasteiger partial charge is 0.462 e. The number of rotatable bonds is 5. The maximum absolute atomic E-state index is 12.9. The van der Waals surface area contributed by atoms with Gasteiger partial charge < -0.3 is 14.6 Å². The second-order valence-corrected chi connectivity index (χ2v) is 7.80. The molecule has 3 aromatic rings. The number of amides is 1. The van der Waals surface area contributed by atoms with Crippen LogP contribution in [0.15, 0.2) is 46.1 Å². The maximum atomic E-state index is 12.9. The maximum Gasteiger partial charge on any atom is 0.341 e. The third-order valence-corrected chi connectivity index (χ3v) is 5.57. The molecule has 30 heavy (non-hydrogen) atoms. The molecular formula is C21H21N3O5S. The highest BCUT2D eigenvalue weighted by molar-refractivity contribution is 7.17. The molecule has 0 spiro atoms. The summed E-state index contributed by atoms with van der Waals surface area (Å²) >= 11 is 1.22. The normalized spacial score (nSPS) is 10.7. The van der Waals surface area contributed by atoms with Crippen LogP contribution >= 0.6 is 11.3 Å². The molecule has 0 aliphatic heterocycles. The topological polar surface area (TPSA) is 99.4 Å². The first kappa shape index (κ1) is 21.3. The molecule has 0 aliphatic carbocycles. The van der Waals surface area contributed by atoms with Gasteiger partial charge in [-0.15, -0.1) is 11.3 Å². The zero-order valence-electron chi connectivity index (χ0n) is 17.0. The van der Waals surface area contributed by atoms with E-state index in [1.807, 2.05) is 37.3 Å². The minimum atomic E-state index is -0.718. The van der Waals surface area contributed by atoms with Crippen molar-refractivity contribution in [3.8, 4) is 11.1 Å². The number of nitrogens with one attached hydrogen (secondary N) is 1. The minimum Gasteiger partial charge on any atom is -0.462 e. The lowest BCUT2D eigenvalue weighted by atomic mass is 10.0. The molecular weight excluding hydrogens is 406 g/mol. The number of aromatic nitrogens is 2. The van der Waals surface area contributed by atoms with Gasteiger partial charge in [0, 0.05) is 30.7 Å². The fourth-order valence-electron chi connectivity index (χ4n) is 3.12. The van der Waals surface area contributed by atoms with Gasteiger partial charge in [0.05, 0.1) is 6.61 Å². The van der Waals surface area contributed by atoms with Crippen molar-refractivity contribution in [2.75, 3.05) is 11.9 Å². The lowest BCUT2D eigenvalue weighted by molar-refractivity contribution is 0.0529. The summed E-state index contributed by atoms with van der Waals surface area (Å²) in [5.74, 6) is -1.28. The number of anilines is 1. The summed E-state index contributed by atoms with van der Waals surface area (Å²) in [5, 5.41) is 2.94. The van der Waals surface area contributed by atoms with Crippen molar-refractivity contribution in [2.24, 2.45) is 14.1 Å². The van der Waals surface area contributed by atoms with E-state index >= 15 is 0 Å². The number of nitrogens with zero attached hydrogens (tertiary/aromatic N) is 2. The molecule has 9 heteroatoms. The molecule has 0 saturated heterocycles. The van der Waals surface area contributed by atoms with E-state index in [0.717, 1.165) is 19.6 Å². The van der Waals surface area contributed by atoms with Crippen molar-refractivity contribution in [1.29, 1.82) is 0 Å². The molecule has 3 rings (SSSR count). The zero-order valence-corrected chi connectivity index (χ0v) is 17.8. The molecule has 1 amide bonds. The molecule has 0 aliphatic rings. The molecule has 0 saturated carbocycles. The van der Waals surface area contributed by atoms with Gasteiger partial charge in [0.2, 0.25) is 0 Å². The van der Waals surface area contributed by atoms with Crippen molar-refractivity contribution in [2.45, 2.75) is 13.8 Å². The Bertz CT molecular complexity index is 1240. The van der Waals surface area contributed by atoms with Crippen LogP contribution in [-0.2, 0) is 18.8 Å². The van der Waals surface area contributed by atoms with E-state index in [4.69, 9.17) is 4.74 Å². The van der Waals surface area contributed by atoms with E-state index in [1.165, 1.54) is 31.6 Å². The Balaban J connectivity index is 2.11. The number of ether oxygens (including phenoxy) is 1. The van der Waals surface area contributed by atoms with Gasteiger partial charge in [-0.3, -0.25) is 14.2 Å². The monoisotopic (exact) mass is 427 g/mol. The van der Waals surface area contributed by atoms with Crippen LogP contribution in [0.25, 0.3) is 11.1 Å². The molecule has 0 atom stereocenters. The van der Waals surface area contributed by atoms with Crippen molar-refractivity contribution in [1.82, 2.24) is 9.13 Å². The van der Waals surface area contributed by atoms with Gasteiger partial charge in [-0.25, -0.2) is 9.59 Å². The van der Waals surface area contributed by atoms with Crippen LogP contribution in [0, 0.1) is 6.92 Å². The first-order chi connectivity index (χ1) is 14.3. The summed E-state index contributed by atoms with van der Waals surface area (Å²) in [7, 11) is 2.75. The van der Waals surface area contributed by atoms with Crippen LogP contribution in [0.2, 0.25) is 0 Å². The van der Waals surface area contributed by atoms with Crippen molar-refractivity contribution in [3.05, 3.63) is 73.4 Å². The molecule has 8 nitrogen and oxygen atoms in total. The Morgan fingerprint density at radius 3 is 2.43 bits per heavy atom. The third-order valence-electron chi connectivity index (χ3n) is 4.54. The first-order valence-electron chi connectivity index (χ1n) is 9.20. The molecule has 1 aromatic carbocycles. The van der Waals surface area contributed by atoms with E-state index in [0.29, 0.717) is 5.56 Å². The second kappa shape index (κ2) is 8.50. The van der Waals surface area contributed by atoms with E-state index in [9.17, 15) is 19.2 Å². The Labute approximate surface area is 176 Å². The van der Waals surface area contributed by atoms with Gasteiger partial charge in [0.15, 0.2) is 0 Å². The summed E-state index contributed by atoms with van der Waals surface area (Å²) in [5.41, 5.74) is 0.254. The number of esters is 1. The number of thiophene rings is 1. The number of hydrogen-bond donors (Lipinski definition) is 1. The Kier molecular flexibility index (Phi) is 6.02. The quantitative estimate of drug-likeness (QED) is 0.631. The van der Waals surface area contributed by atoms with E-state index in [-0.39, 0.29) is 22.7 Å². The van der Waals surface area contributed by atoms with Crippen LogP contribution in [0.4, 0.5) is 5.00 Å². The fraction of sp³-hybridized carbons (Fsp3) is 0.238. The average molecular weight is 427 g/mol. The molecule has 2 heterocycles. The highest BCUT2D eigenvalue weighted by atomic mass is 32.1. The van der Waals surface area contributed by atoms with Crippen molar-refractivity contribution in [3.63, 3.8) is 0 Å². The van der Waals surface area contributed by atoms with Gasteiger partial charge in [-0.05, 0) is 19.4 Å². The third kappa shape index (κ3) is 3.84. The number of carbonyl (C=O) groups excluding carboxylic acids is 2. The van der Waals surface area contributed by atoms with Crippen LogP contribution in [0.5, 0.6) is 0 Å². The van der Waals surface area contributed by atoms with E-state index in [1.54, 1.807) is 6.92 Å². The summed E-state index contributed by atoms with van der Waals surface area (Å²) < 4.78 is 7.22.